The largest absolute Gasteiger partial charge is 1.00 e. The molecule has 0 unspecified atom stereocenters. The Morgan fingerprint density at radius 2 is 1.06 bits per heavy atom. The summed E-state index contributed by atoms with van der Waals surface area (Å²) < 4.78 is 0. The Bertz CT molecular complexity index is 1040. The Hall–Kier alpha value is -0.660. The van der Waals surface area contributed by atoms with Gasteiger partial charge in [0.25, 0.3) is 0 Å². The van der Waals surface area contributed by atoms with Gasteiger partial charge in [-0.3, -0.25) is 0 Å². The number of hydrogen-bond donors (Lipinski definition) is 0. The van der Waals surface area contributed by atoms with Crippen molar-refractivity contribution in [3.8, 4) is 0 Å². The number of hydrogen-bond acceptors (Lipinski definition) is 0. The molecule has 0 N–H and O–H groups in total. The second kappa shape index (κ2) is 16.9. The van der Waals surface area contributed by atoms with Gasteiger partial charge in [0.1, 0.15) is 0 Å². The van der Waals surface area contributed by atoms with Crippen molar-refractivity contribution in [2.75, 3.05) is 0 Å². The summed E-state index contributed by atoms with van der Waals surface area (Å²) in [5.74, 6) is 1.48. The molecular weight excluding hydrogens is 551 g/mol. The van der Waals surface area contributed by atoms with E-state index in [0.29, 0.717) is 0 Å². The van der Waals surface area contributed by atoms with Crippen LogP contribution in [-0.4, -0.2) is 6.16 Å². The molecule has 0 fully saturated rings. The molecule has 0 atom stereocenters. The molecule has 0 aliphatic heterocycles. The summed E-state index contributed by atoms with van der Waals surface area (Å²) >= 11 is 1.75. The minimum Gasteiger partial charge on any atom is -1.00 e. The molecule has 34 heavy (non-hydrogen) atoms. The van der Waals surface area contributed by atoms with Crippen LogP contribution in [0.25, 0.3) is 21.5 Å². The molecule has 4 aromatic carbocycles. The quantitative estimate of drug-likeness (QED) is 0.248. The first-order valence-electron chi connectivity index (χ1n) is 12.0. The molecule has 4 rings (SSSR count). The summed E-state index contributed by atoms with van der Waals surface area (Å²) in [5, 5.41) is 5.52. The van der Waals surface area contributed by atoms with Crippen LogP contribution in [0.1, 0.15) is 56.9 Å². The van der Waals surface area contributed by atoms with E-state index in [1.807, 2.05) is 0 Å². The maximum Gasteiger partial charge on any atom is -0.0271 e. The third-order valence-corrected chi connectivity index (χ3v) is 8.75. The van der Waals surface area contributed by atoms with Crippen molar-refractivity contribution in [1.29, 1.82) is 0 Å². The zero-order chi connectivity index (χ0) is 23.7. The van der Waals surface area contributed by atoms with Gasteiger partial charge < -0.3 is 24.8 Å². The fraction of sp³-hybridized carbons (Fsp3) is 0.400. The average molecular weight is 591 g/mol. The second-order valence-electron chi connectivity index (χ2n) is 9.80. The SMILES string of the molecule is CC[SiH]=[Zr+2].Cc1cc2cc(CC(C)C)ccc2[cH-]1.Cc1cc2cc(CC(C)C)ccc2[cH-]1.[Cl-].[Cl-]. The fourth-order valence-electron chi connectivity index (χ4n) is 4.02. The van der Waals surface area contributed by atoms with Crippen molar-refractivity contribution in [2.45, 2.75) is 67.4 Å². The average Bonchev–Trinajstić information content (AvgIpc) is 3.27. The van der Waals surface area contributed by atoms with Crippen LogP contribution in [0.4, 0.5) is 0 Å². The van der Waals surface area contributed by atoms with Crippen LogP contribution in [-0.2, 0) is 36.2 Å². The molecule has 184 valence electrons. The molecule has 0 bridgehead atoms. The first-order chi connectivity index (χ1) is 15.2. The fourth-order valence-corrected chi connectivity index (χ4v) is 4.02. The Labute approximate surface area is 236 Å². The predicted octanol–water partition coefficient (Wildman–Crippen LogP) is 2.46. The van der Waals surface area contributed by atoms with E-state index in [0.717, 1.165) is 18.0 Å². The molecule has 0 nitrogen and oxygen atoms in total. The van der Waals surface area contributed by atoms with Gasteiger partial charge in [0.2, 0.25) is 0 Å². The van der Waals surface area contributed by atoms with Gasteiger partial charge in [0.15, 0.2) is 0 Å². The van der Waals surface area contributed by atoms with Gasteiger partial charge in [0.05, 0.1) is 0 Å². The Morgan fingerprint density at radius 1 is 0.706 bits per heavy atom. The molecule has 4 aromatic rings. The van der Waals surface area contributed by atoms with Crippen LogP contribution < -0.4 is 24.8 Å². The summed E-state index contributed by atoms with van der Waals surface area (Å²) in [6, 6.07) is 24.1. The number of aryl methyl sites for hydroxylation is 2. The van der Waals surface area contributed by atoms with Gasteiger partial charge in [0, 0.05) is 0 Å². The third-order valence-electron chi connectivity index (χ3n) is 5.33. The third kappa shape index (κ3) is 11.4. The van der Waals surface area contributed by atoms with Crippen LogP contribution in [0.15, 0.2) is 60.7 Å². The molecule has 0 radical (unpaired) electrons. The molecule has 0 heterocycles. The minimum absolute atomic E-state index is 0. The summed E-state index contributed by atoms with van der Waals surface area (Å²) in [5.41, 5.74) is 5.64. The van der Waals surface area contributed by atoms with Gasteiger partial charge in [-0.15, -0.1) is 81.2 Å². The zero-order valence-corrected chi connectivity index (χ0v) is 27.0. The number of fused-ring (bicyclic) bond motifs is 2. The Balaban J connectivity index is 0.000000528. The molecule has 0 saturated heterocycles. The maximum atomic E-state index is 2.32. The first kappa shape index (κ1) is 33.3. The normalized spacial score (nSPS) is 10.2. The molecule has 0 saturated carbocycles. The van der Waals surface area contributed by atoms with E-state index in [2.05, 4.69) is 109 Å². The van der Waals surface area contributed by atoms with E-state index in [-0.39, 0.29) is 24.8 Å². The monoisotopic (exact) mass is 588 g/mol. The summed E-state index contributed by atoms with van der Waals surface area (Å²) in [6.45, 7) is 15.6. The van der Waals surface area contributed by atoms with E-state index in [9.17, 15) is 0 Å². The zero-order valence-electron chi connectivity index (χ0n) is 21.9. The molecule has 0 aromatic heterocycles. The maximum absolute atomic E-state index is 2.32. The summed E-state index contributed by atoms with van der Waals surface area (Å²) in [6.07, 6.45) is 3.23. The molecule has 0 spiro atoms. The van der Waals surface area contributed by atoms with Gasteiger partial charge >= 0.3 is 42.5 Å². The van der Waals surface area contributed by atoms with Crippen LogP contribution in [0.3, 0.4) is 0 Å². The van der Waals surface area contributed by atoms with Crippen LogP contribution in [0, 0.1) is 25.7 Å². The van der Waals surface area contributed by atoms with E-state index < -0.39 is 0 Å². The smallest absolute Gasteiger partial charge is 0.0271 e. The van der Waals surface area contributed by atoms with Crippen LogP contribution in [0.5, 0.6) is 0 Å². The minimum atomic E-state index is 0. The molecule has 4 heteroatoms. The van der Waals surface area contributed by atoms with E-state index in [4.69, 9.17) is 0 Å². The van der Waals surface area contributed by atoms with Crippen molar-refractivity contribution in [3.63, 3.8) is 0 Å². The molecular formula is C30H40Cl2SiZr-2. The topological polar surface area (TPSA) is 0 Å². The van der Waals surface area contributed by atoms with Gasteiger partial charge in [-0.1, -0.05) is 52.7 Å². The van der Waals surface area contributed by atoms with Crippen molar-refractivity contribution < 1.29 is 48.1 Å². The van der Waals surface area contributed by atoms with E-state index >= 15 is 0 Å². The van der Waals surface area contributed by atoms with Crippen molar-refractivity contribution in [2.24, 2.45) is 11.8 Å². The first-order valence-corrected chi connectivity index (χ1v) is 17.7. The standard InChI is InChI=1S/2C14H17.C2H6Si.2ClH.Zr/c2*1-10(2)6-12-4-5-13-7-11(3)8-14(13)9-12;1-2-3;;;/h2*4-5,7-10H,6H2,1-3H3;3H,2H2,1H3;2*1H;/q2*-1;;;;+2/p-2. The Morgan fingerprint density at radius 3 is 1.35 bits per heavy atom. The number of rotatable bonds is 5. The van der Waals surface area contributed by atoms with Crippen molar-refractivity contribution in [3.05, 3.63) is 82.9 Å². The molecule has 0 aliphatic rings. The van der Waals surface area contributed by atoms with Crippen molar-refractivity contribution in [1.82, 2.24) is 0 Å². The van der Waals surface area contributed by atoms with E-state index in [1.165, 1.54) is 62.7 Å². The predicted molar refractivity (Wildman–Crippen MR) is 143 cm³/mol. The van der Waals surface area contributed by atoms with Gasteiger partial charge in [-0.2, -0.15) is 12.1 Å². The number of halogens is 2. The molecule has 0 amide bonds. The summed E-state index contributed by atoms with van der Waals surface area (Å²) in [7, 11) is 0. The Kier molecular flexibility index (Phi) is 16.6. The van der Waals surface area contributed by atoms with E-state index in [1.54, 1.807) is 23.3 Å². The van der Waals surface area contributed by atoms with Gasteiger partial charge in [-0.25, -0.2) is 0 Å². The molecule has 0 aliphatic carbocycles. The number of benzene rings is 2. The van der Waals surface area contributed by atoms with Gasteiger partial charge in [-0.05, 0) is 24.7 Å². The van der Waals surface area contributed by atoms with Crippen LogP contribution in [0.2, 0.25) is 6.04 Å². The van der Waals surface area contributed by atoms with Crippen molar-refractivity contribution >= 4 is 27.7 Å². The summed E-state index contributed by atoms with van der Waals surface area (Å²) in [4.78, 5) is 0. The second-order valence-corrected chi connectivity index (χ2v) is 14.0. The van der Waals surface area contributed by atoms with Crippen LogP contribution >= 0.6 is 0 Å².